The third-order valence-electron chi connectivity index (χ3n) is 5.13. The average Bonchev–Trinajstić information content (AvgIpc) is 3.20. The van der Waals surface area contributed by atoms with Gasteiger partial charge in [0.05, 0.1) is 0 Å². The molecule has 1 atom stereocenters. The van der Waals surface area contributed by atoms with Crippen LogP contribution in [0, 0.1) is 0 Å². The molecule has 0 unspecified atom stereocenters. The van der Waals surface area contributed by atoms with E-state index in [4.69, 9.17) is 4.52 Å². The molecule has 150 valence electrons. The maximum atomic E-state index is 12.5. The first-order valence-corrected chi connectivity index (χ1v) is 9.69. The zero-order chi connectivity index (χ0) is 20.2. The summed E-state index contributed by atoms with van der Waals surface area (Å²) in [5.74, 6) is 0.705. The Labute approximate surface area is 168 Å². The van der Waals surface area contributed by atoms with Gasteiger partial charge >= 0.3 is 0 Å². The number of hydrogen-bond acceptors (Lipinski definition) is 5. The Balaban J connectivity index is 1.27. The number of rotatable bonds is 7. The van der Waals surface area contributed by atoms with Crippen molar-refractivity contribution in [1.29, 1.82) is 0 Å². The van der Waals surface area contributed by atoms with Gasteiger partial charge in [-0.2, -0.15) is 4.98 Å². The molecule has 2 aromatic carbocycles. The van der Waals surface area contributed by atoms with Crippen molar-refractivity contribution in [2.45, 2.75) is 25.6 Å². The Hall–Kier alpha value is -3.06. The van der Waals surface area contributed by atoms with Crippen LogP contribution in [0.4, 0.5) is 4.39 Å². The van der Waals surface area contributed by atoms with Crippen molar-refractivity contribution in [3.63, 3.8) is 0 Å². The molecule has 0 radical (unpaired) electrons. The Kier molecular flexibility index (Phi) is 5.67. The maximum Gasteiger partial charge on any atom is 0.258 e. The van der Waals surface area contributed by atoms with Gasteiger partial charge in [-0.3, -0.25) is 9.69 Å². The summed E-state index contributed by atoms with van der Waals surface area (Å²) in [6.07, 6.45) is 0. The van der Waals surface area contributed by atoms with Crippen LogP contribution in [-0.4, -0.2) is 46.6 Å². The van der Waals surface area contributed by atoms with Crippen LogP contribution in [0.15, 0.2) is 59.1 Å². The van der Waals surface area contributed by atoms with Gasteiger partial charge in [0.2, 0.25) is 5.82 Å². The van der Waals surface area contributed by atoms with Gasteiger partial charge in [0.1, 0.15) is 0 Å². The summed E-state index contributed by atoms with van der Waals surface area (Å²) in [5, 5.41) is 6.77. The van der Waals surface area contributed by atoms with Gasteiger partial charge in [-0.15, -0.1) is 0 Å². The molecule has 0 saturated carbocycles. The van der Waals surface area contributed by atoms with E-state index in [1.54, 1.807) is 24.3 Å². The van der Waals surface area contributed by atoms with Crippen molar-refractivity contribution in [3.05, 3.63) is 71.6 Å². The summed E-state index contributed by atoms with van der Waals surface area (Å²) in [4.78, 5) is 18.8. The molecule has 1 aromatic heterocycles. The summed E-state index contributed by atoms with van der Waals surface area (Å²) in [7, 11) is 0. The van der Waals surface area contributed by atoms with Crippen LogP contribution in [0.3, 0.4) is 0 Å². The first kappa shape index (κ1) is 19.3. The predicted molar refractivity (Wildman–Crippen MR) is 107 cm³/mol. The number of amides is 1. The number of halogens is 1. The van der Waals surface area contributed by atoms with Gasteiger partial charge in [-0.25, -0.2) is 4.39 Å². The molecule has 1 saturated heterocycles. The van der Waals surface area contributed by atoms with Crippen molar-refractivity contribution in [1.82, 2.24) is 20.4 Å². The van der Waals surface area contributed by atoms with E-state index >= 15 is 0 Å². The second-order valence-corrected chi connectivity index (χ2v) is 7.42. The quantitative estimate of drug-likeness (QED) is 0.665. The minimum atomic E-state index is -0.797. The van der Waals surface area contributed by atoms with Crippen LogP contribution < -0.4 is 5.32 Å². The molecule has 4 rings (SSSR count). The summed E-state index contributed by atoms with van der Waals surface area (Å²) in [6, 6.07) is 17.4. The van der Waals surface area contributed by atoms with Crippen molar-refractivity contribution in [3.8, 4) is 11.4 Å². The van der Waals surface area contributed by atoms with Crippen molar-refractivity contribution >= 4 is 5.91 Å². The van der Waals surface area contributed by atoms with Gasteiger partial charge < -0.3 is 9.84 Å². The molecule has 29 heavy (non-hydrogen) atoms. The monoisotopic (exact) mass is 394 g/mol. The topological polar surface area (TPSA) is 71.3 Å². The van der Waals surface area contributed by atoms with Crippen molar-refractivity contribution in [2.24, 2.45) is 0 Å². The Morgan fingerprint density at radius 1 is 1.21 bits per heavy atom. The summed E-state index contributed by atoms with van der Waals surface area (Å²) >= 11 is 0. The van der Waals surface area contributed by atoms with Crippen LogP contribution in [0.25, 0.3) is 11.4 Å². The summed E-state index contributed by atoms with van der Waals surface area (Å²) < 4.78 is 17.3. The molecular weight excluding hydrogens is 371 g/mol. The van der Waals surface area contributed by atoms with E-state index in [2.05, 4.69) is 44.6 Å². The lowest BCUT2D eigenvalue weighted by Gasteiger charge is -2.41. The average molecular weight is 394 g/mol. The summed E-state index contributed by atoms with van der Waals surface area (Å²) in [6.45, 7) is 4.07. The number of carbonyl (C=O) groups is 1. The largest absolute Gasteiger partial charge is 0.348 e. The number of alkyl halides is 1. The zero-order valence-electron chi connectivity index (χ0n) is 16.2. The van der Waals surface area contributed by atoms with E-state index in [-0.39, 0.29) is 17.8 Å². The fourth-order valence-electron chi connectivity index (χ4n) is 3.59. The third-order valence-corrected chi connectivity index (χ3v) is 5.13. The molecule has 0 bridgehead atoms. The molecule has 7 heteroatoms. The van der Waals surface area contributed by atoms with E-state index in [1.165, 1.54) is 5.56 Å². The van der Waals surface area contributed by atoms with E-state index in [1.807, 2.05) is 13.0 Å². The molecule has 0 aliphatic carbocycles. The van der Waals surface area contributed by atoms with Crippen molar-refractivity contribution in [2.75, 3.05) is 19.6 Å². The normalized spacial score (nSPS) is 15.7. The Morgan fingerprint density at radius 3 is 2.59 bits per heavy atom. The lowest BCUT2D eigenvalue weighted by Crippen LogP contribution is -2.51. The predicted octanol–water partition coefficient (Wildman–Crippen LogP) is 3.42. The van der Waals surface area contributed by atoms with Crippen LogP contribution in [0.2, 0.25) is 0 Å². The van der Waals surface area contributed by atoms with Gasteiger partial charge in [0.25, 0.3) is 11.8 Å². The molecular formula is C22H23FN4O2. The second-order valence-electron chi connectivity index (χ2n) is 7.42. The number of aromatic nitrogens is 2. The van der Waals surface area contributed by atoms with E-state index in [0.29, 0.717) is 22.9 Å². The Bertz CT molecular complexity index is 952. The molecule has 1 amide bonds. The first-order valence-electron chi connectivity index (χ1n) is 9.69. The minimum absolute atomic E-state index is 0.0446. The zero-order valence-corrected chi connectivity index (χ0v) is 16.2. The molecule has 6 nitrogen and oxygen atoms in total. The smallest absolute Gasteiger partial charge is 0.258 e. The van der Waals surface area contributed by atoms with Crippen molar-refractivity contribution < 1.29 is 13.7 Å². The standard InChI is InChI=1S/C22H23FN4O2/c1-15(12-27-13-19(14-27)16-5-3-2-4-6-16)24-22(28)18-9-7-17(8-10-18)21-25-20(11-23)29-26-21/h2-10,15,19H,11-14H2,1H3,(H,24,28)/t15-/m1/s1. The number of likely N-dealkylation sites (tertiary alicyclic amines) is 1. The molecule has 1 aliphatic heterocycles. The number of hydrogen-bond donors (Lipinski definition) is 1. The molecule has 3 aromatic rings. The molecule has 1 N–H and O–H groups in total. The van der Waals surface area contributed by atoms with Crippen LogP contribution in [-0.2, 0) is 6.67 Å². The fraction of sp³-hybridized carbons (Fsp3) is 0.318. The highest BCUT2D eigenvalue weighted by Gasteiger charge is 2.28. The van der Waals surface area contributed by atoms with Gasteiger partial charge in [0.15, 0.2) is 6.67 Å². The van der Waals surface area contributed by atoms with Crippen LogP contribution in [0.1, 0.15) is 34.7 Å². The van der Waals surface area contributed by atoms with Gasteiger partial charge in [-0.1, -0.05) is 47.6 Å². The van der Waals surface area contributed by atoms with Crippen LogP contribution >= 0.6 is 0 Å². The first-order chi connectivity index (χ1) is 14.1. The maximum absolute atomic E-state index is 12.5. The highest BCUT2D eigenvalue weighted by Crippen LogP contribution is 2.26. The third kappa shape index (κ3) is 4.51. The number of nitrogens with zero attached hydrogens (tertiary/aromatic N) is 3. The number of carbonyl (C=O) groups excluding carboxylic acids is 1. The highest BCUT2D eigenvalue weighted by molar-refractivity contribution is 5.94. The highest BCUT2D eigenvalue weighted by atomic mass is 19.1. The van der Waals surface area contributed by atoms with Gasteiger partial charge in [-0.05, 0) is 24.6 Å². The number of nitrogens with one attached hydrogen (secondary N) is 1. The fourth-order valence-corrected chi connectivity index (χ4v) is 3.59. The molecule has 1 aliphatic rings. The second kappa shape index (κ2) is 8.53. The SMILES string of the molecule is C[C@H](CN1CC(c2ccccc2)C1)NC(=O)c1ccc(-c2noc(CF)n2)cc1. The Morgan fingerprint density at radius 2 is 1.93 bits per heavy atom. The minimum Gasteiger partial charge on any atom is -0.348 e. The lowest BCUT2D eigenvalue weighted by molar-refractivity contribution is 0.0900. The molecule has 0 spiro atoms. The van der Waals surface area contributed by atoms with E-state index < -0.39 is 6.67 Å². The summed E-state index contributed by atoms with van der Waals surface area (Å²) in [5.41, 5.74) is 2.60. The van der Waals surface area contributed by atoms with E-state index in [0.717, 1.165) is 19.6 Å². The molecule has 2 heterocycles. The number of benzene rings is 2. The lowest BCUT2D eigenvalue weighted by atomic mass is 9.91. The van der Waals surface area contributed by atoms with Crippen LogP contribution in [0.5, 0.6) is 0 Å². The molecule has 1 fully saturated rings. The van der Waals surface area contributed by atoms with Gasteiger partial charge in [0, 0.05) is 42.7 Å². The van der Waals surface area contributed by atoms with E-state index in [9.17, 15) is 9.18 Å².